The van der Waals surface area contributed by atoms with Crippen molar-refractivity contribution in [2.24, 2.45) is 5.41 Å². The van der Waals surface area contributed by atoms with Crippen LogP contribution in [-0.4, -0.2) is 15.8 Å². The van der Waals surface area contributed by atoms with Crippen LogP contribution in [0.25, 0.3) is 0 Å². The van der Waals surface area contributed by atoms with Gasteiger partial charge in [0.1, 0.15) is 11.6 Å². The molecule has 7 nitrogen and oxygen atoms in total. The van der Waals surface area contributed by atoms with Gasteiger partial charge in [0.2, 0.25) is 0 Å². The summed E-state index contributed by atoms with van der Waals surface area (Å²) in [5.74, 6) is 0.213. The summed E-state index contributed by atoms with van der Waals surface area (Å²) in [5, 5.41) is 3.11. The number of ketones is 1. The first-order valence-electron chi connectivity index (χ1n) is 7.90. The number of allylic oxidation sites excluding steroid dienone is 2. The molecule has 0 spiro atoms. The van der Waals surface area contributed by atoms with Gasteiger partial charge in [-0.25, -0.2) is 4.79 Å². The van der Waals surface area contributed by atoms with Gasteiger partial charge in [0.05, 0.1) is 11.5 Å². The van der Waals surface area contributed by atoms with Crippen LogP contribution < -0.4 is 16.6 Å². The fourth-order valence-electron chi connectivity index (χ4n) is 3.71. The molecule has 2 aromatic heterocycles. The van der Waals surface area contributed by atoms with Gasteiger partial charge in [-0.15, -0.1) is 0 Å². The predicted octanol–water partition coefficient (Wildman–Crippen LogP) is 2.46. The topological polar surface area (TPSA) is 108 Å². The van der Waals surface area contributed by atoms with Crippen LogP contribution in [0.15, 0.2) is 37.4 Å². The van der Waals surface area contributed by atoms with Gasteiger partial charge in [-0.05, 0) is 46.6 Å². The molecule has 1 aliphatic heterocycles. The van der Waals surface area contributed by atoms with Crippen molar-refractivity contribution in [2.75, 3.05) is 5.32 Å². The van der Waals surface area contributed by atoms with E-state index in [9.17, 15) is 14.4 Å². The highest BCUT2D eigenvalue weighted by molar-refractivity contribution is 14.1. The van der Waals surface area contributed by atoms with Crippen molar-refractivity contribution >= 4 is 34.2 Å². The third-order valence-electron chi connectivity index (χ3n) is 4.63. The molecule has 3 N–H and O–H groups in total. The van der Waals surface area contributed by atoms with E-state index in [0.717, 1.165) is 5.70 Å². The Balaban J connectivity index is 2.01. The molecular formula is C17H16IN3O4. The van der Waals surface area contributed by atoms with Crippen molar-refractivity contribution in [1.82, 2.24) is 9.97 Å². The van der Waals surface area contributed by atoms with Crippen molar-refractivity contribution in [3.05, 3.63) is 59.3 Å². The van der Waals surface area contributed by atoms with Crippen molar-refractivity contribution in [3.63, 3.8) is 0 Å². The van der Waals surface area contributed by atoms with Crippen LogP contribution in [0.3, 0.4) is 0 Å². The molecule has 0 saturated carbocycles. The highest BCUT2D eigenvalue weighted by Crippen LogP contribution is 2.47. The minimum Gasteiger partial charge on any atom is -0.454 e. The van der Waals surface area contributed by atoms with Crippen LogP contribution in [-0.2, 0) is 4.79 Å². The fraction of sp³-hybridized carbons (Fsp3) is 0.353. The number of H-pyrrole nitrogens is 2. The number of rotatable bonds is 1. The number of carbonyl (C=O) groups is 1. The van der Waals surface area contributed by atoms with Gasteiger partial charge < -0.3 is 9.73 Å². The van der Waals surface area contributed by atoms with E-state index < -0.39 is 17.2 Å². The monoisotopic (exact) mass is 453 g/mol. The molecule has 4 rings (SSSR count). The smallest absolute Gasteiger partial charge is 0.327 e. The lowest BCUT2D eigenvalue weighted by molar-refractivity contribution is -0.118. The Labute approximate surface area is 156 Å². The summed E-state index contributed by atoms with van der Waals surface area (Å²) in [4.78, 5) is 42.0. The number of hydrogen-bond donors (Lipinski definition) is 3. The molecule has 0 saturated heterocycles. The van der Waals surface area contributed by atoms with Gasteiger partial charge in [0, 0.05) is 17.7 Å². The molecule has 0 bridgehead atoms. The Bertz CT molecular complexity index is 1040. The van der Waals surface area contributed by atoms with Gasteiger partial charge in [0.15, 0.2) is 9.55 Å². The second-order valence-electron chi connectivity index (χ2n) is 7.23. The first kappa shape index (κ1) is 16.4. The van der Waals surface area contributed by atoms with Crippen LogP contribution in [0, 0.1) is 9.18 Å². The molecule has 0 amide bonds. The van der Waals surface area contributed by atoms with E-state index in [2.05, 4.69) is 15.3 Å². The van der Waals surface area contributed by atoms with Crippen LogP contribution >= 0.6 is 22.6 Å². The summed E-state index contributed by atoms with van der Waals surface area (Å²) in [6.07, 6.45) is 1.05. The maximum atomic E-state index is 12.9. The van der Waals surface area contributed by atoms with Gasteiger partial charge in [-0.3, -0.25) is 19.6 Å². The maximum absolute atomic E-state index is 12.9. The largest absolute Gasteiger partial charge is 0.454 e. The Kier molecular flexibility index (Phi) is 3.57. The zero-order chi connectivity index (χ0) is 17.9. The number of aromatic nitrogens is 2. The molecule has 0 aromatic carbocycles. The second-order valence-corrected chi connectivity index (χ2v) is 8.29. The van der Waals surface area contributed by atoms with E-state index in [0.29, 0.717) is 39.3 Å². The Morgan fingerprint density at radius 2 is 1.92 bits per heavy atom. The summed E-state index contributed by atoms with van der Waals surface area (Å²) in [7, 11) is 0. The van der Waals surface area contributed by atoms with Gasteiger partial charge >= 0.3 is 5.69 Å². The average Bonchev–Trinajstić information content (AvgIpc) is 2.89. The molecule has 1 atom stereocenters. The first-order valence-corrected chi connectivity index (χ1v) is 8.98. The molecule has 0 radical (unpaired) electrons. The molecule has 8 heteroatoms. The van der Waals surface area contributed by atoms with Gasteiger partial charge in [-0.1, -0.05) is 13.8 Å². The molecule has 2 aromatic rings. The lowest BCUT2D eigenvalue weighted by Crippen LogP contribution is -2.38. The number of Topliss-reactive ketones (excluding diaryl/α,β-unsaturated/α-hetero) is 1. The maximum Gasteiger partial charge on any atom is 0.327 e. The van der Waals surface area contributed by atoms with Gasteiger partial charge in [-0.2, -0.15) is 0 Å². The Morgan fingerprint density at radius 1 is 1.16 bits per heavy atom. The number of aromatic amines is 2. The van der Waals surface area contributed by atoms with Crippen molar-refractivity contribution in [1.29, 1.82) is 0 Å². The zero-order valence-corrected chi connectivity index (χ0v) is 15.8. The van der Waals surface area contributed by atoms with E-state index >= 15 is 0 Å². The van der Waals surface area contributed by atoms with E-state index in [1.165, 1.54) is 0 Å². The number of halogens is 1. The van der Waals surface area contributed by atoms with Crippen molar-refractivity contribution < 1.29 is 9.21 Å². The SMILES string of the molecule is CC1(C)CC(=O)C2=C(C1)Nc1[nH]c(=O)[nH]c(=O)c1C2c1ccc(I)o1. The highest BCUT2D eigenvalue weighted by atomic mass is 127. The normalized spacial score (nSPS) is 21.6. The highest BCUT2D eigenvalue weighted by Gasteiger charge is 2.43. The number of carbonyl (C=O) groups excluding carboxylic acids is 1. The van der Waals surface area contributed by atoms with E-state index in [1.54, 1.807) is 12.1 Å². The lowest BCUT2D eigenvalue weighted by Gasteiger charge is -2.37. The van der Waals surface area contributed by atoms with E-state index in [4.69, 9.17) is 4.42 Å². The molecule has 25 heavy (non-hydrogen) atoms. The first-order chi connectivity index (χ1) is 11.7. The summed E-state index contributed by atoms with van der Waals surface area (Å²) in [6, 6.07) is 3.55. The average molecular weight is 453 g/mol. The molecule has 0 fully saturated rings. The van der Waals surface area contributed by atoms with E-state index in [-0.39, 0.29) is 11.2 Å². The number of nitrogens with one attached hydrogen (secondary N) is 3. The minimum atomic E-state index is -0.626. The quantitative estimate of drug-likeness (QED) is 0.576. The van der Waals surface area contributed by atoms with Gasteiger partial charge in [0.25, 0.3) is 5.56 Å². The van der Waals surface area contributed by atoms with Crippen LogP contribution in [0.4, 0.5) is 5.82 Å². The summed E-state index contributed by atoms with van der Waals surface area (Å²) in [6.45, 7) is 4.05. The molecule has 1 unspecified atom stereocenters. The van der Waals surface area contributed by atoms with E-state index in [1.807, 2.05) is 36.4 Å². The van der Waals surface area contributed by atoms with Crippen LogP contribution in [0.2, 0.25) is 0 Å². The van der Waals surface area contributed by atoms with Crippen LogP contribution in [0.5, 0.6) is 0 Å². The van der Waals surface area contributed by atoms with Crippen molar-refractivity contribution in [3.8, 4) is 0 Å². The summed E-state index contributed by atoms with van der Waals surface area (Å²) >= 11 is 2.04. The predicted molar refractivity (Wildman–Crippen MR) is 99.6 cm³/mol. The molecule has 2 aliphatic rings. The summed E-state index contributed by atoms with van der Waals surface area (Å²) < 4.78 is 6.41. The summed E-state index contributed by atoms with van der Waals surface area (Å²) in [5.41, 5.74) is 0.296. The molecule has 1 aliphatic carbocycles. The third-order valence-corrected chi connectivity index (χ3v) is 5.21. The Morgan fingerprint density at radius 3 is 2.60 bits per heavy atom. The number of fused-ring (bicyclic) bond motifs is 1. The molecular weight excluding hydrogens is 437 g/mol. The third kappa shape index (κ3) is 2.68. The fourth-order valence-corrected chi connectivity index (χ4v) is 4.15. The standard InChI is InChI=1S/C17H16IN3O4/c1-17(2)5-7-11(8(22)6-17)12(9-3-4-10(18)25-9)13-14(19-7)20-16(24)21-15(13)23/h3-4,12H,5-6H2,1-2H3,(H3,19,20,21,23,24). The lowest BCUT2D eigenvalue weighted by atomic mass is 9.70. The Hall–Kier alpha value is -2.10. The number of anilines is 1. The second kappa shape index (κ2) is 5.45. The minimum absolute atomic E-state index is 0.00796. The molecule has 130 valence electrons. The van der Waals surface area contributed by atoms with Crippen molar-refractivity contribution in [2.45, 2.75) is 32.6 Å². The number of hydrogen-bond acceptors (Lipinski definition) is 5. The van der Waals surface area contributed by atoms with Crippen LogP contribution in [0.1, 0.15) is 43.9 Å². The number of furan rings is 1. The molecule has 3 heterocycles. The zero-order valence-electron chi connectivity index (χ0n) is 13.7.